The van der Waals surface area contributed by atoms with Gasteiger partial charge in [0.1, 0.15) is 6.33 Å². The first-order valence-electron chi connectivity index (χ1n) is 7.73. The average molecular weight is 316 g/mol. The van der Waals surface area contributed by atoms with E-state index in [-0.39, 0.29) is 6.01 Å². The van der Waals surface area contributed by atoms with Gasteiger partial charge in [0, 0.05) is 5.56 Å². The van der Waals surface area contributed by atoms with Crippen molar-refractivity contribution in [2.75, 3.05) is 0 Å². The van der Waals surface area contributed by atoms with Gasteiger partial charge in [0.05, 0.1) is 6.20 Å². The molecule has 0 spiro atoms. The molecule has 4 rings (SSSR count). The highest BCUT2D eigenvalue weighted by Gasteiger charge is 2.10. The standard InChI is InChI=1S/C19H16N4O/c1-13-3-2-4-15(9-13)10-14-5-7-16(8-6-14)17-11-22-23-18(17)20-12-21-19(23)24/h2-9,11-12H,10H2,1H3,(H,20,21,24). The van der Waals surface area contributed by atoms with E-state index in [0.717, 1.165) is 17.5 Å². The predicted molar refractivity (Wildman–Crippen MR) is 91.9 cm³/mol. The molecular formula is C19H16N4O. The molecule has 0 radical (unpaired) electrons. The summed E-state index contributed by atoms with van der Waals surface area (Å²) < 4.78 is 1.33. The molecule has 0 aliphatic heterocycles. The number of hydrogen-bond donors (Lipinski definition) is 1. The fourth-order valence-corrected chi connectivity index (χ4v) is 2.87. The maximum Gasteiger partial charge on any atom is 0.318 e. The molecule has 24 heavy (non-hydrogen) atoms. The van der Waals surface area contributed by atoms with Gasteiger partial charge in [-0.3, -0.25) is 0 Å². The summed E-state index contributed by atoms with van der Waals surface area (Å²) in [5, 5.41) is 13.8. The van der Waals surface area contributed by atoms with Crippen molar-refractivity contribution in [3.05, 3.63) is 77.7 Å². The molecule has 2 aromatic heterocycles. The number of aromatic nitrogens is 4. The molecule has 0 amide bonds. The fraction of sp³-hybridized carbons (Fsp3) is 0.105. The molecule has 0 unspecified atom stereocenters. The molecular weight excluding hydrogens is 300 g/mol. The van der Waals surface area contributed by atoms with Gasteiger partial charge in [-0.2, -0.15) is 14.6 Å². The summed E-state index contributed by atoms with van der Waals surface area (Å²) in [6, 6.07) is 16.7. The van der Waals surface area contributed by atoms with Gasteiger partial charge in [0.25, 0.3) is 0 Å². The third kappa shape index (κ3) is 2.60. The number of benzene rings is 2. The molecule has 4 aromatic rings. The smallest absolute Gasteiger partial charge is 0.318 e. The zero-order chi connectivity index (χ0) is 16.5. The highest BCUT2D eigenvalue weighted by molar-refractivity contribution is 5.77. The summed E-state index contributed by atoms with van der Waals surface area (Å²) in [6.45, 7) is 2.11. The summed E-state index contributed by atoms with van der Waals surface area (Å²) in [5.74, 6) is 0. The van der Waals surface area contributed by atoms with Gasteiger partial charge in [-0.05, 0) is 30.0 Å². The van der Waals surface area contributed by atoms with E-state index in [1.54, 1.807) is 6.20 Å². The lowest BCUT2D eigenvalue weighted by atomic mass is 10.0. The van der Waals surface area contributed by atoms with Crippen LogP contribution < -0.4 is 0 Å². The van der Waals surface area contributed by atoms with E-state index in [9.17, 15) is 5.11 Å². The van der Waals surface area contributed by atoms with Crippen molar-refractivity contribution < 1.29 is 5.11 Å². The minimum atomic E-state index is -0.165. The maximum atomic E-state index is 9.71. The van der Waals surface area contributed by atoms with Crippen molar-refractivity contribution in [1.29, 1.82) is 0 Å². The molecule has 0 saturated carbocycles. The van der Waals surface area contributed by atoms with E-state index in [4.69, 9.17) is 0 Å². The van der Waals surface area contributed by atoms with Crippen LogP contribution in [0.4, 0.5) is 0 Å². The van der Waals surface area contributed by atoms with Gasteiger partial charge in [-0.15, -0.1) is 0 Å². The first-order valence-corrected chi connectivity index (χ1v) is 7.73. The number of aromatic hydroxyl groups is 1. The summed E-state index contributed by atoms with van der Waals surface area (Å²) >= 11 is 0. The fourth-order valence-electron chi connectivity index (χ4n) is 2.87. The van der Waals surface area contributed by atoms with Crippen molar-refractivity contribution in [3.8, 4) is 17.1 Å². The second kappa shape index (κ2) is 5.77. The Balaban J connectivity index is 1.65. The highest BCUT2D eigenvalue weighted by atomic mass is 16.3. The van der Waals surface area contributed by atoms with Crippen LogP contribution in [0.5, 0.6) is 6.01 Å². The second-order valence-corrected chi connectivity index (χ2v) is 5.83. The predicted octanol–water partition coefficient (Wildman–Crippen LogP) is 3.40. The van der Waals surface area contributed by atoms with Crippen LogP contribution in [0.25, 0.3) is 16.8 Å². The van der Waals surface area contributed by atoms with Crippen LogP contribution in [-0.4, -0.2) is 24.7 Å². The second-order valence-electron chi connectivity index (χ2n) is 5.83. The lowest BCUT2D eigenvalue weighted by molar-refractivity contribution is 0.411. The van der Waals surface area contributed by atoms with Crippen LogP contribution in [0.2, 0.25) is 0 Å². The average Bonchev–Trinajstić information content (AvgIpc) is 3.01. The first-order chi connectivity index (χ1) is 11.7. The van der Waals surface area contributed by atoms with Gasteiger partial charge < -0.3 is 5.11 Å². The summed E-state index contributed by atoms with van der Waals surface area (Å²) in [7, 11) is 0. The summed E-state index contributed by atoms with van der Waals surface area (Å²) in [5.41, 5.74) is 6.30. The Morgan fingerprint density at radius 1 is 1.00 bits per heavy atom. The van der Waals surface area contributed by atoms with Crippen LogP contribution in [-0.2, 0) is 6.42 Å². The summed E-state index contributed by atoms with van der Waals surface area (Å²) in [4.78, 5) is 7.93. The van der Waals surface area contributed by atoms with Crippen molar-refractivity contribution in [1.82, 2.24) is 19.6 Å². The van der Waals surface area contributed by atoms with E-state index in [1.165, 1.54) is 27.5 Å². The Hall–Kier alpha value is -3.21. The van der Waals surface area contributed by atoms with Gasteiger partial charge in [0.2, 0.25) is 0 Å². The van der Waals surface area contributed by atoms with Crippen LogP contribution >= 0.6 is 0 Å². The minimum absolute atomic E-state index is 0.165. The lowest BCUT2D eigenvalue weighted by Crippen LogP contribution is -1.93. The first kappa shape index (κ1) is 14.4. The zero-order valence-electron chi connectivity index (χ0n) is 13.2. The molecule has 118 valence electrons. The monoisotopic (exact) mass is 316 g/mol. The minimum Gasteiger partial charge on any atom is -0.479 e. The SMILES string of the molecule is Cc1cccc(Cc2ccc(-c3cnn4c(O)ncnc34)cc2)c1. The molecule has 2 aromatic carbocycles. The van der Waals surface area contributed by atoms with E-state index in [0.29, 0.717) is 5.65 Å². The Morgan fingerprint density at radius 3 is 2.62 bits per heavy atom. The number of fused-ring (bicyclic) bond motifs is 1. The van der Waals surface area contributed by atoms with E-state index in [2.05, 4.69) is 70.5 Å². The highest BCUT2D eigenvalue weighted by Crippen LogP contribution is 2.25. The topological polar surface area (TPSA) is 63.3 Å². The molecule has 0 atom stereocenters. The van der Waals surface area contributed by atoms with Crippen molar-refractivity contribution in [3.63, 3.8) is 0 Å². The molecule has 2 heterocycles. The molecule has 0 saturated heterocycles. The molecule has 1 N–H and O–H groups in total. The lowest BCUT2D eigenvalue weighted by Gasteiger charge is -2.05. The van der Waals surface area contributed by atoms with Crippen LogP contribution in [0, 0.1) is 6.92 Å². The number of hydrogen-bond acceptors (Lipinski definition) is 4. The Labute approximate surface area is 139 Å². The Morgan fingerprint density at radius 2 is 1.83 bits per heavy atom. The van der Waals surface area contributed by atoms with E-state index < -0.39 is 0 Å². The number of nitrogens with zero attached hydrogens (tertiary/aromatic N) is 4. The Bertz CT molecular complexity index is 1010. The van der Waals surface area contributed by atoms with Gasteiger partial charge >= 0.3 is 6.01 Å². The third-order valence-electron chi connectivity index (χ3n) is 4.04. The van der Waals surface area contributed by atoms with Crippen molar-refractivity contribution >= 4 is 5.65 Å². The quantitative estimate of drug-likeness (QED) is 0.629. The van der Waals surface area contributed by atoms with E-state index >= 15 is 0 Å². The number of aryl methyl sites for hydroxylation is 1. The van der Waals surface area contributed by atoms with Crippen molar-refractivity contribution in [2.24, 2.45) is 0 Å². The summed E-state index contributed by atoms with van der Waals surface area (Å²) in [6.07, 6.45) is 3.93. The normalized spacial score (nSPS) is 11.0. The molecule has 0 aliphatic carbocycles. The van der Waals surface area contributed by atoms with Gasteiger partial charge in [0.15, 0.2) is 5.65 Å². The van der Waals surface area contributed by atoms with Gasteiger partial charge in [-0.1, -0.05) is 54.1 Å². The largest absolute Gasteiger partial charge is 0.479 e. The third-order valence-corrected chi connectivity index (χ3v) is 4.04. The Kier molecular flexibility index (Phi) is 3.46. The molecule has 0 aliphatic rings. The number of rotatable bonds is 3. The zero-order valence-corrected chi connectivity index (χ0v) is 13.2. The van der Waals surface area contributed by atoms with Crippen LogP contribution in [0.3, 0.4) is 0 Å². The van der Waals surface area contributed by atoms with E-state index in [1.807, 2.05) is 0 Å². The van der Waals surface area contributed by atoms with Crippen LogP contribution in [0.1, 0.15) is 16.7 Å². The molecule has 0 fully saturated rings. The van der Waals surface area contributed by atoms with Crippen molar-refractivity contribution in [2.45, 2.75) is 13.3 Å². The molecule has 5 nitrogen and oxygen atoms in total. The van der Waals surface area contributed by atoms with Gasteiger partial charge in [-0.25, -0.2) is 4.98 Å². The molecule has 0 bridgehead atoms. The molecule has 5 heteroatoms. The van der Waals surface area contributed by atoms with Crippen LogP contribution in [0.15, 0.2) is 61.1 Å². The maximum absolute atomic E-state index is 9.71.